The van der Waals surface area contributed by atoms with Crippen molar-refractivity contribution < 1.29 is 18.1 Å². The largest absolute Gasteiger partial charge is 0.383 e. The number of carbonyl (C=O) groups excluding carboxylic acids is 1. The summed E-state index contributed by atoms with van der Waals surface area (Å²) >= 11 is 1.29. The van der Waals surface area contributed by atoms with Gasteiger partial charge in [0.1, 0.15) is 34.6 Å². The lowest BCUT2D eigenvalue weighted by Gasteiger charge is -2.07. The summed E-state index contributed by atoms with van der Waals surface area (Å²) in [7, 11) is 0. The minimum absolute atomic E-state index is 0.128. The summed E-state index contributed by atoms with van der Waals surface area (Å²) in [6, 6.07) is 10.4. The van der Waals surface area contributed by atoms with Gasteiger partial charge >= 0.3 is 0 Å². The molecule has 8 nitrogen and oxygen atoms in total. The number of nitrogens with one attached hydrogen (secondary N) is 1. The molecule has 0 saturated heterocycles. The van der Waals surface area contributed by atoms with E-state index < -0.39 is 17.5 Å². The number of nitrogen functional groups attached to an aromatic ring is 1. The number of rotatable bonds is 6. The number of carbonyl (C=O) groups is 1. The van der Waals surface area contributed by atoms with Gasteiger partial charge in [-0.15, -0.1) is 11.8 Å². The quantitative estimate of drug-likeness (QED) is 0.420. The van der Waals surface area contributed by atoms with Crippen LogP contribution in [-0.2, 0) is 11.3 Å². The topological polar surface area (TPSA) is 112 Å². The number of anilines is 2. The number of hydrogen-bond donors (Lipinski definition) is 2. The van der Waals surface area contributed by atoms with Gasteiger partial charge in [-0.05, 0) is 25.3 Å². The monoisotopic (exact) mass is 456 g/mol. The van der Waals surface area contributed by atoms with Gasteiger partial charge in [0.05, 0.1) is 5.69 Å². The third-order valence-corrected chi connectivity index (χ3v) is 5.27. The van der Waals surface area contributed by atoms with Gasteiger partial charge in [0.15, 0.2) is 0 Å². The summed E-state index contributed by atoms with van der Waals surface area (Å²) in [5.74, 6) is -1.39. The molecule has 2 aromatic heterocycles. The van der Waals surface area contributed by atoms with Crippen molar-refractivity contribution in [2.45, 2.75) is 18.5 Å². The number of thioether (sulfide) groups is 1. The standard InChI is InChI=1S/C21H18F2N6O2S/c1-11-3-5-12(6-4-11)19-26-20(31-28-19)17-18(24)29(27-21(17)32-2)10-16(30)25-15-9-13(22)7-8-14(15)23/h3-9H,10,24H2,1-2H3,(H,25,30). The van der Waals surface area contributed by atoms with Crippen molar-refractivity contribution in [2.24, 2.45) is 0 Å². The molecular weight excluding hydrogens is 438 g/mol. The Bertz CT molecular complexity index is 1290. The molecule has 0 atom stereocenters. The average Bonchev–Trinajstić information content (AvgIpc) is 3.36. The number of nitrogens with two attached hydrogens (primary N) is 1. The maximum Gasteiger partial charge on any atom is 0.264 e. The first-order valence-corrected chi connectivity index (χ1v) is 10.6. The minimum Gasteiger partial charge on any atom is -0.383 e. The first-order valence-electron chi connectivity index (χ1n) is 9.42. The Morgan fingerprint density at radius 3 is 2.69 bits per heavy atom. The van der Waals surface area contributed by atoms with E-state index in [4.69, 9.17) is 10.3 Å². The zero-order chi connectivity index (χ0) is 22.8. The normalized spacial score (nSPS) is 11.0. The Hall–Kier alpha value is -3.73. The van der Waals surface area contributed by atoms with Crippen LogP contribution in [-0.4, -0.2) is 32.1 Å². The van der Waals surface area contributed by atoms with Gasteiger partial charge in [-0.3, -0.25) is 4.79 Å². The van der Waals surface area contributed by atoms with E-state index in [0.717, 1.165) is 29.3 Å². The minimum atomic E-state index is -0.756. The summed E-state index contributed by atoms with van der Waals surface area (Å²) in [5, 5.41) is 11.1. The molecular formula is C21H18F2N6O2S. The van der Waals surface area contributed by atoms with Crippen molar-refractivity contribution in [3.8, 4) is 22.8 Å². The number of nitrogens with zero attached hydrogens (tertiary/aromatic N) is 4. The molecule has 32 heavy (non-hydrogen) atoms. The molecule has 2 aromatic carbocycles. The lowest BCUT2D eigenvalue weighted by Crippen LogP contribution is -2.21. The Morgan fingerprint density at radius 2 is 1.97 bits per heavy atom. The second-order valence-corrected chi connectivity index (χ2v) is 7.68. The van der Waals surface area contributed by atoms with Crippen LogP contribution in [0.5, 0.6) is 0 Å². The molecule has 0 radical (unpaired) electrons. The van der Waals surface area contributed by atoms with E-state index in [2.05, 4.69) is 20.6 Å². The molecule has 164 valence electrons. The number of aromatic nitrogens is 4. The summed E-state index contributed by atoms with van der Waals surface area (Å²) in [6.07, 6.45) is 1.79. The zero-order valence-electron chi connectivity index (χ0n) is 17.1. The predicted octanol–water partition coefficient (Wildman–Crippen LogP) is 4.13. The van der Waals surface area contributed by atoms with Crippen LogP contribution in [0.1, 0.15) is 5.56 Å². The molecule has 0 aliphatic rings. The van der Waals surface area contributed by atoms with Crippen LogP contribution in [0.4, 0.5) is 20.3 Å². The van der Waals surface area contributed by atoms with E-state index in [1.165, 1.54) is 16.4 Å². The predicted molar refractivity (Wildman–Crippen MR) is 117 cm³/mol. The zero-order valence-corrected chi connectivity index (χ0v) is 17.9. The van der Waals surface area contributed by atoms with Crippen molar-refractivity contribution in [2.75, 3.05) is 17.3 Å². The number of amides is 1. The van der Waals surface area contributed by atoms with Crippen LogP contribution in [0.2, 0.25) is 0 Å². The Kier molecular flexibility index (Phi) is 5.91. The van der Waals surface area contributed by atoms with E-state index in [0.29, 0.717) is 16.4 Å². The van der Waals surface area contributed by atoms with E-state index >= 15 is 0 Å². The highest BCUT2D eigenvalue weighted by atomic mass is 32.2. The van der Waals surface area contributed by atoms with Gasteiger partial charge in [0, 0.05) is 11.6 Å². The summed E-state index contributed by atoms with van der Waals surface area (Å²) in [5.41, 5.74) is 8.22. The van der Waals surface area contributed by atoms with E-state index in [1.807, 2.05) is 31.2 Å². The molecule has 0 aliphatic heterocycles. The van der Waals surface area contributed by atoms with Crippen molar-refractivity contribution in [3.05, 3.63) is 59.7 Å². The van der Waals surface area contributed by atoms with Gasteiger partial charge < -0.3 is 15.6 Å². The molecule has 3 N–H and O–H groups in total. The molecule has 0 aliphatic carbocycles. The Balaban J connectivity index is 1.59. The fourth-order valence-corrected chi connectivity index (χ4v) is 3.56. The third-order valence-electron chi connectivity index (χ3n) is 4.60. The Morgan fingerprint density at radius 1 is 1.22 bits per heavy atom. The summed E-state index contributed by atoms with van der Waals surface area (Å²) < 4.78 is 33.8. The first-order chi connectivity index (χ1) is 15.4. The van der Waals surface area contributed by atoms with Crippen LogP contribution in [0, 0.1) is 18.6 Å². The molecule has 0 spiro atoms. The fourth-order valence-electron chi connectivity index (χ4n) is 2.98. The van der Waals surface area contributed by atoms with E-state index in [1.54, 1.807) is 6.26 Å². The number of hydrogen-bond acceptors (Lipinski definition) is 7. The van der Waals surface area contributed by atoms with Crippen molar-refractivity contribution in [1.82, 2.24) is 19.9 Å². The van der Waals surface area contributed by atoms with Gasteiger partial charge in [-0.2, -0.15) is 10.1 Å². The van der Waals surface area contributed by atoms with Gasteiger partial charge in [-0.1, -0.05) is 35.0 Å². The maximum absolute atomic E-state index is 13.8. The van der Waals surface area contributed by atoms with E-state index in [9.17, 15) is 13.6 Å². The molecule has 2 heterocycles. The molecule has 0 saturated carbocycles. The van der Waals surface area contributed by atoms with Crippen molar-refractivity contribution >= 4 is 29.2 Å². The highest BCUT2D eigenvalue weighted by Gasteiger charge is 2.24. The van der Waals surface area contributed by atoms with Crippen LogP contribution in [0.15, 0.2) is 52.0 Å². The highest BCUT2D eigenvalue weighted by molar-refractivity contribution is 7.98. The lowest BCUT2D eigenvalue weighted by molar-refractivity contribution is -0.116. The Labute approximate surface area is 185 Å². The smallest absolute Gasteiger partial charge is 0.264 e. The fraction of sp³-hybridized carbons (Fsp3) is 0.143. The van der Waals surface area contributed by atoms with Crippen LogP contribution in [0.25, 0.3) is 22.8 Å². The maximum atomic E-state index is 13.8. The van der Waals surface area contributed by atoms with Gasteiger partial charge in [0.2, 0.25) is 11.7 Å². The SMILES string of the molecule is CSc1nn(CC(=O)Nc2cc(F)ccc2F)c(N)c1-c1nc(-c2ccc(C)cc2)no1. The second kappa shape index (κ2) is 8.79. The van der Waals surface area contributed by atoms with Crippen molar-refractivity contribution in [3.63, 3.8) is 0 Å². The van der Waals surface area contributed by atoms with Crippen LogP contribution >= 0.6 is 11.8 Å². The first kappa shape index (κ1) is 21.5. The summed E-state index contributed by atoms with van der Waals surface area (Å²) in [6.45, 7) is 1.65. The van der Waals surface area contributed by atoms with Gasteiger partial charge in [-0.25, -0.2) is 13.5 Å². The molecule has 4 aromatic rings. The number of aryl methyl sites for hydroxylation is 1. The second-order valence-electron chi connectivity index (χ2n) is 6.89. The highest BCUT2D eigenvalue weighted by Crippen LogP contribution is 2.35. The van der Waals surface area contributed by atoms with Crippen LogP contribution < -0.4 is 11.1 Å². The molecule has 0 fully saturated rings. The van der Waals surface area contributed by atoms with E-state index in [-0.39, 0.29) is 23.9 Å². The molecule has 0 unspecified atom stereocenters. The molecule has 0 bridgehead atoms. The summed E-state index contributed by atoms with van der Waals surface area (Å²) in [4.78, 5) is 16.8. The lowest BCUT2D eigenvalue weighted by atomic mass is 10.1. The molecule has 1 amide bonds. The van der Waals surface area contributed by atoms with Crippen LogP contribution in [0.3, 0.4) is 0 Å². The molecule has 4 rings (SSSR count). The van der Waals surface area contributed by atoms with Crippen molar-refractivity contribution in [1.29, 1.82) is 0 Å². The molecule has 11 heteroatoms. The van der Waals surface area contributed by atoms with Gasteiger partial charge in [0.25, 0.3) is 5.89 Å². The number of halogens is 2. The number of benzene rings is 2. The average molecular weight is 456 g/mol. The third kappa shape index (κ3) is 4.33.